The Morgan fingerprint density at radius 3 is 2.62 bits per heavy atom. The van der Waals surface area contributed by atoms with Crippen molar-refractivity contribution in [3.8, 4) is 0 Å². The Hall–Kier alpha value is -1.73. The Morgan fingerprint density at radius 1 is 1.24 bits per heavy atom. The quantitative estimate of drug-likeness (QED) is 0.369. The molecule has 0 spiro atoms. The van der Waals surface area contributed by atoms with Crippen molar-refractivity contribution in [2.75, 3.05) is 0 Å². The van der Waals surface area contributed by atoms with Gasteiger partial charge in [0.1, 0.15) is 0 Å². The highest BCUT2D eigenvalue weighted by atomic mass is 32.1. The topological polar surface area (TPSA) is 0 Å². The molecule has 0 aliphatic heterocycles. The van der Waals surface area contributed by atoms with Crippen molar-refractivity contribution in [3.63, 3.8) is 0 Å². The number of hydrogen-bond acceptors (Lipinski definition) is 1. The largest absolute Gasteiger partial charge is 0.148 e. The summed E-state index contributed by atoms with van der Waals surface area (Å²) in [6.07, 6.45) is 12.2. The molecule has 1 atom stereocenters. The third kappa shape index (κ3) is 3.99. The zero-order valence-corrected chi connectivity index (χ0v) is 19.9. The predicted octanol–water partition coefficient (Wildman–Crippen LogP) is 8.54. The summed E-state index contributed by atoms with van der Waals surface area (Å²) in [6, 6.07) is 6.75. The molecule has 0 bridgehead atoms. The van der Waals surface area contributed by atoms with Gasteiger partial charge >= 0.3 is 0 Å². The van der Waals surface area contributed by atoms with E-state index < -0.39 is 0 Å². The molecule has 2 aliphatic carbocycles. The van der Waals surface area contributed by atoms with E-state index in [0.29, 0.717) is 11.8 Å². The average Bonchev–Trinajstić information content (AvgIpc) is 2.66. The molecule has 2 aliphatic rings. The van der Waals surface area contributed by atoms with E-state index in [4.69, 9.17) is 12.6 Å². The molecule has 0 saturated heterocycles. The summed E-state index contributed by atoms with van der Waals surface area (Å²) in [7, 11) is 0. The van der Waals surface area contributed by atoms with Crippen molar-refractivity contribution in [1.82, 2.24) is 0 Å². The zero-order chi connectivity index (χ0) is 21.3. The fourth-order valence-corrected chi connectivity index (χ4v) is 5.38. The minimum absolute atomic E-state index is 0.0551. The Kier molecular flexibility index (Phi) is 6.48. The maximum atomic E-state index is 4.90. The van der Waals surface area contributed by atoms with Crippen LogP contribution in [0.5, 0.6) is 0 Å². The summed E-state index contributed by atoms with van der Waals surface area (Å²) in [6.45, 7) is 18.3. The zero-order valence-electron chi connectivity index (χ0n) is 19.0. The fourth-order valence-electron chi connectivity index (χ4n) is 5.05. The molecule has 154 valence electrons. The second-order valence-corrected chi connectivity index (χ2v) is 10.0. The summed E-state index contributed by atoms with van der Waals surface area (Å²) >= 11 is 4.90. The van der Waals surface area contributed by atoms with E-state index in [1.165, 1.54) is 43.9 Å². The molecular formula is C28H36S. The highest BCUT2D eigenvalue weighted by Crippen LogP contribution is 2.55. The highest BCUT2D eigenvalue weighted by molar-refractivity contribution is 7.84. The Morgan fingerprint density at radius 2 is 1.97 bits per heavy atom. The molecule has 0 aromatic heterocycles. The number of thiol groups is 1. The van der Waals surface area contributed by atoms with Crippen LogP contribution in [-0.2, 0) is 5.41 Å². The Labute approximate surface area is 183 Å². The molecule has 0 N–H and O–H groups in total. The fraction of sp³-hybridized carbons (Fsp3) is 0.429. The van der Waals surface area contributed by atoms with E-state index in [1.807, 2.05) is 0 Å². The van der Waals surface area contributed by atoms with Crippen LogP contribution in [0, 0.1) is 11.8 Å². The lowest BCUT2D eigenvalue weighted by Crippen LogP contribution is -2.32. The first-order valence-electron chi connectivity index (χ1n) is 10.9. The molecule has 1 aromatic rings. The molecule has 1 unspecified atom stereocenters. The average molecular weight is 405 g/mol. The smallest absolute Gasteiger partial charge is 0.0158 e. The van der Waals surface area contributed by atoms with Crippen LogP contribution in [-0.4, -0.2) is 0 Å². The molecule has 3 rings (SSSR count). The second-order valence-electron chi connectivity index (χ2n) is 9.47. The number of hydrogen-bond donors (Lipinski definition) is 1. The van der Waals surface area contributed by atoms with Gasteiger partial charge in [-0.3, -0.25) is 0 Å². The number of rotatable bonds is 5. The molecule has 0 radical (unpaired) electrons. The summed E-state index contributed by atoms with van der Waals surface area (Å²) in [4.78, 5) is 1.23. The van der Waals surface area contributed by atoms with E-state index in [2.05, 4.69) is 90.6 Å². The minimum atomic E-state index is -0.0551. The SMILES string of the molecule is C=C1C2=C(C(C)=C(S)CC2CC=CC)C(C)(C)c2cccc(/C=C\CC(C)C)c21. The van der Waals surface area contributed by atoms with Crippen molar-refractivity contribution in [3.05, 3.63) is 81.3 Å². The van der Waals surface area contributed by atoms with Gasteiger partial charge < -0.3 is 0 Å². The molecule has 0 heterocycles. The van der Waals surface area contributed by atoms with Gasteiger partial charge in [0.25, 0.3) is 0 Å². The predicted molar refractivity (Wildman–Crippen MR) is 133 cm³/mol. The van der Waals surface area contributed by atoms with Crippen LogP contribution in [0.2, 0.25) is 0 Å². The third-order valence-electron chi connectivity index (χ3n) is 6.51. The lowest BCUT2D eigenvalue weighted by Gasteiger charge is -2.44. The second kappa shape index (κ2) is 8.56. The van der Waals surface area contributed by atoms with Crippen LogP contribution in [0.3, 0.4) is 0 Å². The summed E-state index contributed by atoms with van der Waals surface area (Å²) < 4.78 is 0. The van der Waals surface area contributed by atoms with Gasteiger partial charge in [-0.05, 0) is 88.8 Å². The van der Waals surface area contributed by atoms with Gasteiger partial charge in [-0.25, -0.2) is 0 Å². The summed E-state index contributed by atoms with van der Waals surface area (Å²) in [5.41, 5.74) is 9.45. The van der Waals surface area contributed by atoms with E-state index in [9.17, 15) is 0 Å². The first-order chi connectivity index (χ1) is 13.7. The van der Waals surface area contributed by atoms with Crippen LogP contribution < -0.4 is 0 Å². The van der Waals surface area contributed by atoms with Crippen molar-refractivity contribution >= 4 is 24.3 Å². The number of allylic oxidation sites excluding steroid dienone is 8. The summed E-state index contributed by atoms with van der Waals surface area (Å²) in [5.74, 6) is 1.12. The van der Waals surface area contributed by atoms with Gasteiger partial charge in [-0.15, -0.1) is 12.6 Å². The van der Waals surface area contributed by atoms with Crippen LogP contribution in [0.1, 0.15) is 77.5 Å². The highest BCUT2D eigenvalue weighted by Gasteiger charge is 2.42. The standard InChI is InChI=1S/C28H36S/c1-8-9-13-22-17-24(29)19(4)27-26(22)20(5)25-21(14-10-12-18(2)3)15-11-16-23(25)28(27,6)7/h8-11,14-16,18,22,29H,5,12-13,17H2,1-4,6-7H3/b9-8?,14-10-. The van der Waals surface area contributed by atoms with Crippen molar-refractivity contribution in [2.24, 2.45) is 11.8 Å². The van der Waals surface area contributed by atoms with Gasteiger partial charge in [-0.1, -0.05) is 76.8 Å². The van der Waals surface area contributed by atoms with Gasteiger partial charge in [0.05, 0.1) is 0 Å². The van der Waals surface area contributed by atoms with Crippen LogP contribution >= 0.6 is 12.6 Å². The molecule has 1 aromatic carbocycles. The molecule has 1 heteroatoms. The molecule has 0 fully saturated rings. The van der Waals surface area contributed by atoms with Gasteiger partial charge in [-0.2, -0.15) is 0 Å². The minimum Gasteiger partial charge on any atom is -0.148 e. The maximum absolute atomic E-state index is 4.90. The lowest BCUT2D eigenvalue weighted by molar-refractivity contribution is 0.554. The van der Waals surface area contributed by atoms with Crippen LogP contribution in [0.4, 0.5) is 0 Å². The van der Waals surface area contributed by atoms with Crippen LogP contribution in [0.15, 0.2) is 64.6 Å². The lowest BCUT2D eigenvalue weighted by atomic mass is 9.60. The van der Waals surface area contributed by atoms with Crippen LogP contribution in [0.25, 0.3) is 11.6 Å². The van der Waals surface area contributed by atoms with Crippen molar-refractivity contribution in [1.29, 1.82) is 0 Å². The molecular weight excluding hydrogens is 368 g/mol. The molecule has 29 heavy (non-hydrogen) atoms. The Balaban J connectivity index is 2.21. The van der Waals surface area contributed by atoms with Crippen molar-refractivity contribution < 1.29 is 0 Å². The number of fused-ring (bicyclic) bond motifs is 1. The maximum Gasteiger partial charge on any atom is 0.0158 e. The van der Waals surface area contributed by atoms with E-state index in [1.54, 1.807) is 0 Å². The Bertz CT molecular complexity index is 931. The monoisotopic (exact) mass is 404 g/mol. The van der Waals surface area contributed by atoms with Crippen molar-refractivity contribution in [2.45, 2.75) is 66.2 Å². The summed E-state index contributed by atoms with van der Waals surface area (Å²) in [5, 5.41) is 0. The van der Waals surface area contributed by atoms with E-state index >= 15 is 0 Å². The van der Waals surface area contributed by atoms with Gasteiger partial charge in [0, 0.05) is 5.41 Å². The molecule has 0 saturated carbocycles. The first kappa shape index (κ1) is 22.0. The number of benzene rings is 1. The normalized spacial score (nSPS) is 21.5. The van der Waals surface area contributed by atoms with E-state index in [0.717, 1.165) is 19.3 Å². The van der Waals surface area contributed by atoms with E-state index in [-0.39, 0.29) is 5.41 Å². The van der Waals surface area contributed by atoms with Gasteiger partial charge in [0.2, 0.25) is 0 Å². The first-order valence-corrected chi connectivity index (χ1v) is 11.4. The molecule has 0 nitrogen and oxygen atoms in total. The van der Waals surface area contributed by atoms with Gasteiger partial charge in [0.15, 0.2) is 0 Å². The molecule has 0 amide bonds. The third-order valence-corrected chi connectivity index (χ3v) is 7.03.